The highest BCUT2D eigenvalue weighted by molar-refractivity contribution is 5.81. The molecule has 4 heteroatoms. The van der Waals surface area contributed by atoms with Crippen molar-refractivity contribution in [1.29, 1.82) is 0 Å². The molecule has 0 aliphatic rings. The Balaban J connectivity index is 2.47. The number of hydrogen-bond acceptors (Lipinski definition) is 4. The highest BCUT2D eigenvalue weighted by Gasteiger charge is 2.04. The summed E-state index contributed by atoms with van der Waals surface area (Å²) in [5.41, 5.74) is 1.11. The van der Waals surface area contributed by atoms with E-state index in [2.05, 4.69) is 6.58 Å². The Hall–Kier alpha value is -1.97. The molecule has 0 spiro atoms. The van der Waals surface area contributed by atoms with Crippen LogP contribution < -0.4 is 9.47 Å². The van der Waals surface area contributed by atoms with Gasteiger partial charge < -0.3 is 14.2 Å². The zero-order chi connectivity index (χ0) is 13.4. The summed E-state index contributed by atoms with van der Waals surface area (Å²) in [5, 5.41) is 0. The first kappa shape index (κ1) is 14.1. The normalized spacial score (nSPS) is 9.67. The van der Waals surface area contributed by atoms with E-state index in [1.807, 2.05) is 18.2 Å². The van der Waals surface area contributed by atoms with Crippen LogP contribution in [-0.2, 0) is 16.0 Å². The molecular formula is C14H18O4. The Morgan fingerprint density at radius 1 is 1.28 bits per heavy atom. The third kappa shape index (κ3) is 4.13. The average Bonchev–Trinajstić information content (AvgIpc) is 2.42. The van der Waals surface area contributed by atoms with Crippen molar-refractivity contribution in [2.75, 3.05) is 20.8 Å². The molecule has 0 unspecified atom stereocenters. The molecule has 1 aromatic rings. The molecule has 1 aromatic carbocycles. The Kier molecular flexibility index (Phi) is 5.77. The highest BCUT2D eigenvalue weighted by Crippen LogP contribution is 2.27. The van der Waals surface area contributed by atoms with Crippen LogP contribution in [0.25, 0.3) is 0 Å². The molecule has 4 nitrogen and oxygen atoms in total. The maximum absolute atomic E-state index is 10.8. The Bertz CT molecular complexity index is 412. The van der Waals surface area contributed by atoms with Crippen LogP contribution in [0, 0.1) is 0 Å². The van der Waals surface area contributed by atoms with Crippen molar-refractivity contribution in [3.63, 3.8) is 0 Å². The van der Waals surface area contributed by atoms with Gasteiger partial charge in [0.25, 0.3) is 0 Å². The fourth-order valence-electron chi connectivity index (χ4n) is 1.54. The Morgan fingerprint density at radius 3 is 2.61 bits per heavy atom. The summed E-state index contributed by atoms with van der Waals surface area (Å²) in [5.74, 6) is 1.03. The standard InChI is InChI=1S/C14H18O4/c1-4-14(15)18-9-5-6-11-7-8-12(16-2)13(10-11)17-3/h4,7-8,10H,1,5-6,9H2,2-3H3. The minimum Gasteiger partial charge on any atom is -0.493 e. The summed E-state index contributed by atoms with van der Waals surface area (Å²) >= 11 is 0. The number of methoxy groups -OCH3 is 2. The fraction of sp³-hybridized carbons (Fsp3) is 0.357. The molecule has 0 fully saturated rings. The molecule has 0 N–H and O–H groups in total. The van der Waals surface area contributed by atoms with Gasteiger partial charge in [0, 0.05) is 6.08 Å². The summed E-state index contributed by atoms with van der Waals surface area (Å²) in [6.45, 7) is 3.72. The van der Waals surface area contributed by atoms with E-state index in [1.54, 1.807) is 14.2 Å². The lowest BCUT2D eigenvalue weighted by molar-refractivity contribution is -0.137. The molecule has 98 valence electrons. The molecule has 1 rings (SSSR count). The Labute approximate surface area is 107 Å². The zero-order valence-corrected chi connectivity index (χ0v) is 10.8. The van der Waals surface area contributed by atoms with Gasteiger partial charge in [0.05, 0.1) is 20.8 Å². The van der Waals surface area contributed by atoms with Gasteiger partial charge in [-0.15, -0.1) is 0 Å². The van der Waals surface area contributed by atoms with Crippen LogP contribution in [0.5, 0.6) is 11.5 Å². The van der Waals surface area contributed by atoms with Crippen LogP contribution in [0.4, 0.5) is 0 Å². The van der Waals surface area contributed by atoms with E-state index in [0.29, 0.717) is 18.1 Å². The molecule has 0 aliphatic heterocycles. The molecule has 0 aliphatic carbocycles. The van der Waals surface area contributed by atoms with E-state index in [1.165, 1.54) is 0 Å². The van der Waals surface area contributed by atoms with Crippen molar-refractivity contribution < 1.29 is 19.0 Å². The van der Waals surface area contributed by atoms with Crippen molar-refractivity contribution in [1.82, 2.24) is 0 Å². The molecule has 0 aromatic heterocycles. The second kappa shape index (κ2) is 7.37. The van der Waals surface area contributed by atoms with E-state index in [9.17, 15) is 4.79 Å². The molecule has 0 atom stereocenters. The van der Waals surface area contributed by atoms with E-state index in [4.69, 9.17) is 14.2 Å². The molecule has 0 radical (unpaired) electrons. The Morgan fingerprint density at radius 2 is 2.00 bits per heavy atom. The van der Waals surface area contributed by atoms with Crippen LogP contribution in [-0.4, -0.2) is 26.8 Å². The van der Waals surface area contributed by atoms with Crippen molar-refractivity contribution >= 4 is 5.97 Å². The van der Waals surface area contributed by atoms with Gasteiger partial charge in [-0.3, -0.25) is 0 Å². The first-order chi connectivity index (χ1) is 8.71. The van der Waals surface area contributed by atoms with Crippen LogP contribution in [0.2, 0.25) is 0 Å². The minimum absolute atomic E-state index is 0.387. The lowest BCUT2D eigenvalue weighted by atomic mass is 10.1. The molecular weight excluding hydrogens is 232 g/mol. The van der Waals surface area contributed by atoms with Gasteiger partial charge in [-0.1, -0.05) is 12.6 Å². The summed E-state index contributed by atoms with van der Waals surface area (Å²) < 4.78 is 15.3. The van der Waals surface area contributed by atoms with Crippen LogP contribution in [0.1, 0.15) is 12.0 Å². The molecule has 0 heterocycles. The van der Waals surface area contributed by atoms with Gasteiger partial charge in [-0.25, -0.2) is 4.79 Å². The van der Waals surface area contributed by atoms with Crippen LogP contribution >= 0.6 is 0 Å². The topological polar surface area (TPSA) is 44.8 Å². The highest BCUT2D eigenvalue weighted by atomic mass is 16.5. The molecule has 0 saturated carbocycles. The average molecular weight is 250 g/mol. The molecule has 18 heavy (non-hydrogen) atoms. The number of esters is 1. The summed E-state index contributed by atoms with van der Waals surface area (Å²) in [6, 6.07) is 5.76. The number of carbonyl (C=O) groups excluding carboxylic acids is 1. The van der Waals surface area contributed by atoms with E-state index in [0.717, 1.165) is 24.5 Å². The number of hydrogen-bond donors (Lipinski definition) is 0. The second-order valence-electron chi connectivity index (χ2n) is 3.66. The first-order valence-electron chi connectivity index (χ1n) is 5.71. The number of rotatable bonds is 7. The third-order valence-corrected chi connectivity index (χ3v) is 2.47. The minimum atomic E-state index is -0.387. The first-order valence-corrected chi connectivity index (χ1v) is 5.71. The van der Waals surface area contributed by atoms with Gasteiger partial charge in [-0.2, -0.15) is 0 Å². The van der Waals surface area contributed by atoms with Gasteiger partial charge in [0.2, 0.25) is 0 Å². The van der Waals surface area contributed by atoms with Crippen LogP contribution in [0.15, 0.2) is 30.9 Å². The number of benzene rings is 1. The second-order valence-corrected chi connectivity index (χ2v) is 3.66. The zero-order valence-electron chi connectivity index (χ0n) is 10.8. The summed E-state index contributed by atoms with van der Waals surface area (Å²) in [7, 11) is 3.21. The monoisotopic (exact) mass is 250 g/mol. The number of carbonyl (C=O) groups is 1. The van der Waals surface area contributed by atoms with Crippen molar-refractivity contribution in [3.05, 3.63) is 36.4 Å². The number of ether oxygens (including phenoxy) is 3. The summed E-state index contributed by atoms with van der Waals surface area (Å²) in [4.78, 5) is 10.8. The van der Waals surface area contributed by atoms with Crippen molar-refractivity contribution in [3.8, 4) is 11.5 Å². The van der Waals surface area contributed by atoms with Gasteiger partial charge >= 0.3 is 5.97 Å². The quantitative estimate of drug-likeness (QED) is 0.423. The largest absolute Gasteiger partial charge is 0.493 e. The lowest BCUT2D eigenvalue weighted by Gasteiger charge is -2.09. The SMILES string of the molecule is C=CC(=O)OCCCc1ccc(OC)c(OC)c1. The third-order valence-electron chi connectivity index (χ3n) is 2.47. The van der Waals surface area contributed by atoms with Crippen molar-refractivity contribution in [2.45, 2.75) is 12.8 Å². The van der Waals surface area contributed by atoms with E-state index >= 15 is 0 Å². The van der Waals surface area contributed by atoms with Crippen molar-refractivity contribution in [2.24, 2.45) is 0 Å². The predicted molar refractivity (Wildman–Crippen MR) is 69.0 cm³/mol. The summed E-state index contributed by atoms with van der Waals surface area (Å²) in [6.07, 6.45) is 2.73. The molecule has 0 saturated heterocycles. The molecule has 0 bridgehead atoms. The van der Waals surface area contributed by atoms with E-state index in [-0.39, 0.29) is 5.97 Å². The van der Waals surface area contributed by atoms with Gasteiger partial charge in [0.15, 0.2) is 11.5 Å². The predicted octanol–water partition coefficient (Wildman–Crippen LogP) is 2.37. The fourth-order valence-corrected chi connectivity index (χ4v) is 1.54. The smallest absolute Gasteiger partial charge is 0.330 e. The van der Waals surface area contributed by atoms with Crippen LogP contribution in [0.3, 0.4) is 0 Å². The van der Waals surface area contributed by atoms with Gasteiger partial charge in [-0.05, 0) is 30.5 Å². The maximum Gasteiger partial charge on any atom is 0.330 e. The van der Waals surface area contributed by atoms with Gasteiger partial charge in [0.1, 0.15) is 0 Å². The van der Waals surface area contributed by atoms with E-state index < -0.39 is 0 Å². The number of aryl methyl sites for hydroxylation is 1. The lowest BCUT2D eigenvalue weighted by Crippen LogP contribution is -2.03. The maximum atomic E-state index is 10.8. The molecule has 0 amide bonds.